The summed E-state index contributed by atoms with van der Waals surface area (Å²) in [6.07, 6.45) is 2.04. The zero-order chi connectivity index (χ0) is 18.5. The highest BCUT2D eigenvalue weighted by atomic mass is 32.1. The highest BCUT2D eigenvalue weighted by Crippen LogP contribution is 2.27. The monoisotopic (exact) mass is 376 g/mol. The molecule has 0 radical (unpaired) electrons. The van der Waals surface area contributed by atoms with Gasteiger partial charge in [-0.1, -0.05) is 35.6 Å². The Balaban J connectivity index is 1.34. The molecule has 0 N–H and O–H groups in total. The number of hydrogen-bond donors (Lipinski definition) is 0. The molecule has 4 rings (SSSR count). The first-order chi connectivity index (χ1) is 13.3. The molecule has 4 aromatic rings. The molecule has 0 aliphatic rings. The topological polar surface area (TPSA) is 51.8 Å². The highest BCUT2D eigenvalue weighted by molar-refractivity contribution is 7.21. The molecule has 0 fully saturated rings. The van der Waals surface area contributed by atoms with Crippen LogP contribution in [0.25, 0.3) is 10.2 Å². The zero-order valence-electron chi connectivity index (χ0n) is 15.1. The van der Waals surface area contributed by atoms with Crippen LogP contribution in [0.15, 0.2) is 77.1 Å². The number of ether oxygens (including phenoxy) is 1. The Labute approximate surface area is 162 Å². The van der Waals surface area contributed by atoms with Crippen LogP contribution in [0.1, 0.15) is 11.3 Å². The van der Waals surface area contributed by atoms with Crippen LogP contribution < -0.4 is 4.74 Å². The van der Waals surface area contributed by atoms with Gasteiger partial charge in [0.2, 0.25) is 5.13 Å². The van der Waals surface area contributed by atoms with Crippen molar-refractivity contribution in [1.82, 2.24) is 9.55 Å². The number of para-hydroxylation sites is 1. The van der Waals surface area contributed by atoms with Gasteiger partial charge in [0.05, 0.1) is 16.8 Å². The van der Waals surface area contributed by atoms with Gasteiger partial charge >= 0.3 is 0 Å². The van der Waals surface area contributed by atoms with Gasteiger partial charge in [0.15, 0.2) is 0 Å². The average molecular weight is 376 g/mol. The molecule has 0 aliphatic heterocycles. The largest absolute Gasteiger partial charge is 0.492 e. The van der Waals surface area contributed by atoms with Gasteiger partial charge in [-0.05, 0) is 48.9 Å². The summed E-state index contributed by atoms with van der Waals surface area (Å²) < 4.78 is 9.11. The van der Waals surface area contributed by atoms with E-state index in [1.165, 1.54) is 5.56 Å². The molecule has 5 nitrogen and oxygen atoms in total. The van der Waals surface area contributed by atoms with Crippen LogP contribution in [-0.2, 0) is 13.1 Å². The molecule has 0 amide bonds. The summed E-state index contributed by atoms with van der Waals surface area (Å²) in [6, 6.07) is 20.2. The maximum Gasteiger partial charge on any atom is 0.230 e. The lowest BCUT2D eigenvalue weighted by Crippen LogP contribution is -2.09. The molecule has 0 unspecified atom stereocenters. The molecular weight excluding hydrogens is 356 g/mol. The van der Waals surface area contributed by atoms with Crippen LogP contribution >= 0.6 is 11.3 Å². The van der Waals surface area contributed by atoms with Crippen LogP contribution in [0, 0.1) is 6.92 Å². The van der Waals surface area contributed by atoms with Gasteiger partial charge < -0.3 is 9.30 Å². The lowest BCUT2D eigenvalue weighted by atomic mass is 10.2. The summed E-state index contributed by atoms with van der Waals surface area (Å²) >= 11 is 1.55. The summed E-state index contributed by atoms with van der Waals surface area (Å²) in [7, 11) is 0. The second-order valence-electron chi connectivity index (χ2n) is 6.22. The minimum absolute atomic E-state index is 0.521. The van der Waals surface area contributed by atoms with Gasteiger partial charge in [-0.15, -0.1) is 5.11 Å². The van der Waals surface area contributed by atoms with Crippen LogP contribution in [0.4, 0.5) is 5.13 Å². The minimum Gasteiger partial charge on any atom is -0.492 e. The molecule has 0 spiro atoms. The van der Waals surface area contributed by atoms with Crippen molar-refractivity contribution >= 4 is 26.7 Å². The third-order valence-electron chi connectivity index (χ3n) is 4.19. The van der Waals surface area contributed by atoms with Crippen molar-refractivity contribution in [2.24, 2.45) is 10.2 Å². The molecule has 0 bridgehead atoms. The van der Waals surface area contributed by atoms with Gasteiger partial charge in [0, 0.05) is 11.9 Å². The quantitative estimate of drug-likeness (QED) is 0.385. The van der Waals surface area contributed by atoms with Crippen LogP contribution in [0.3, 0.4) is 0 Å². The predicted octanol–water partition coefficient (Wildman–Crippen LogP) is 5.77. The first-order valence-electron chi connectivity index (χ1n) is 8.84. The molecule has 27 heavy (non-hydrogen) atoms. The Morgan fingerprint density at radius 3 is 2.89 bits per heavy atom. The predicted molar refractivity (Wildman–Crippen MR) is 109 cm³/mol. The van der Waals surface area contributed by atoms with Crippen LogP contribution in [0.5, 0.6) is 5.75 Å². The van der Waals surface area contributed by atoms with E-state index in [1.54, 1.807) is 11.3 Å². The van der Waals surface area contributed by atoms with Crippen LogP contribution in [-0.4, -0.2) is 16.2 Å². The Bertz CT molecular complexity index is 1030. The van der Waals surface area contributed by atoms with E-state index in [1.807, 2.05) is 54.7 Å². The first-order valence-corrected chi connectivity index (χ1v) is 9.66. The molecular formula is C21H20N4OS. The first kappa shape index (κ1) is 17.4. The van der Waals surface area contributed by atoms with Gasteiger partial charge in [0.25, 0.3) is 0 Å². The Kier molecular flexibility index (Phi) is 5.25. The third kappa shape index (κ3) is 4.41. The van der Waals surface area contributed by atoms with E-state index in [9.17, 15) is 0 Å². The van der Waals surface area contributed by atoms with Crippen molar-refractivity contribution in [1.29, 1.82) is 0 Å². The van der Waals surface area contributed by atoms with Crippen molar-refractivity contribution < 1.29 is 4.74 Å². The van der Waals surface area contributed by atoms with Gasteiger partial charge in [-0.25, -0.2) is 4.98 Å². The lowest BCUT2D eigenvalue weighted by Gasteiger charge is -2.10. The Morgan fingerprint density at radius 1 is 1.07 bits per heavy atom. The molecule has 0 saturated heterocycles. The number of fused-ring (bicyclic) bond motifs is 1. The summed E-state index contributed by atoms with van der Waals surface area (Å²) in [5.74, 6) is 0.902. The summed E-state index contributed by atoms with van der Waals surface area (Å²) in [5.41, 5.74) is 3.27. The molecule has 136 valence electrons. The fourth-order valence-corrected chi connectivity index (χ4v) is 3.65. The van der Waals surface area contributed by atoms with E-state index in [0.29, 0.717) is 18.3 Å². The van der Waals surface area contributed by atoms with E-state index in [2.05, 4.69) is 38.8 Å². The van der Waals surface area contributed by atoms with E-state index in [-0.39, 0.29) is 0 Å². The number of hydrogen-bond acceptors (Lipinski definition) is 5. The van der Waals surface area contributed by atoms with E-state index >= 15 is 0 Å². The SMILES string of the molecule is Cc1cccc(OCCn2cccc2CN=Nc2nc3ccccc3s2)c1. The van der Waals surface area contributed by atoms with Crippen molar-refractivity contribution in [2.45, 2.75) is 20.0 Å². The standard InChI is InChI=1S/C21H20N4OS/c1-16-6-4-8-18(14-16)26-13-12-25-11-5-7-17(25)15-22-24-21-23-19-9-2-3-10-20(19)27-21/h2-11,14H,12-13,15H2,1H3. The zero-order valence-corrected chi connectivity index (χ0v) is 15.9. The number of aryl methyl sites for hydroxylation is 1. The van der Waals surface area contributed by atoms with Gasteiger partial charge in [-0.2, -0.15) is 5.11 Å². The molecule has 6 heteroatoms. The van der Waals surface area contributed by atoms with E-state index in [0.717, 1.165) is 28.2 Å². The Hall–Kier alpha value is -2.99. The van der Waals surface area contributed by atoms with Crippen LogP contribution in [0.2, 0.25) is 0 Å². The molecule has 2 heterocycles. The number of nitrogens with zero attached hydrogens (tertiary/aromatic N) is 4. The molecule has 2 aromatic carbocycles. The number of thiazole rings is 1. The number of benzene rings is 2. The molecule has 2 aromatic heterocycles. The smallest absolute Gasteiger partial charge is 0.230 e. The Morgan fingerprint density at radius 2 is 2.00 bits per heavy atom. The number of rotatable bonds is 7. The fraction of sp³-hybridized carbons (Fsp3) is 0.190. The minimum atomic E-state index is 0.521. The van der Waals surface area contributed by atoms with Crippen molar-refractivity contribution in [3.05, 3.63) is 78.1 Å². The normalized spacial score (nSPS) is 11.4. The van der Waals surface area contributed by atoms with E-state index < -0.39 is 0 Å². The third-order valence-corrected chi connectivity index (χ3v) is 5.11. The second-order valence-corrected chi connectivity index (χ2v) is 7.23. The molecule has 0 atom stereocenters. The average Bonchev–Trinajstić information content (AvgIpc) is 3.28. The summed E-state index contributed by atoms with van der Waals surface area (Å²) in [5, 5.41) is 9.31. The number of azo groups is 1. The maximum atomic E-state index is 5.84. The van der Waals surface area contributed by atoms with Crippen molar-refractivity contribution in [3.63, 3.8) is 0 Å². The summed E-state index contributed by atoms with van der Waals surface area (Å²) in [6.45, 7) is 3.97. The summed E-state index contributed by atoms with van der Waals surface area (Å²) in [4.78, 5) is 4.48. The van der Waals surface area contributed by atoms with Crippen molar-refractivity contribution in [3.8, 4) is 5.75 Å². The van der Waals surface area contributed by atoms with E-state index in [4.69, 9.17) is 4.74 Å². The van der Waals surface area contributed by atoms with Gasteiger partial charge in [-0.3, -0.25) is 0 Å². The van der Waals surface area contributed by atoms with Gasteiger partial charge in [0.1, 0.15) is 18.9 Å². The number of aromatic nitrogens is 2. The fourth-order valence-electron chi connectivity index (χ4n) is 2.85. The molecule has 0 saturated carbocycles. The second kappa shape index (κ2) is 8.14. The molecule has 0 aliphatic carbocycles. The maximum absolute atomic E-state index is 5.84. The van der Waals surface area contributed by atoms with Crippen molar-refractivity contribution in [2.75, 3.05) is 6.61 Å². The highest BCUT2D eigenvalue weighted by Gasteiger charge is 2.03. The lowest BCUT2D eigenvalue weighted by molar-refractivity contribution is 0.296.